The highest BCUT2D eigenvalue weighted by Crippen LogP contribution is 2.08. The molecule has 0 rings (SSSR count). The van der Waals surface area contributed by atoms with Gasteiger partial charge < -0.3 is 9.47 Å². The van der Waals surface area contributed by atoms with E-state index in [0.717, 1.165) is 12.8 Å². The van der Waals surface area contributed by atoms with Crippen LogP contribution < -0.4 is 0 Å². The van der Waals surface area contributed by atoms with Crippen LogP contribution in [-0.2, 0) is 14.3 Å². The Bertz CT molecular complexity index is 190. The number of ether oxygens (including phenoxy) is 2. The average Bonchev–Trinajstić information content (AvgIpc) is 2.33. The number of esters is 1. The number of carbonyl (C=O) groups is 1. The van der Waals surface area contributed by atoms with Crippen molar-refractivity contribution in [3.05, 3.63) is 12.8 Å². The molecule has 0 aliphatic heterocycles. The van der Waals surface area contributed by atoms with Crippen molar-refractivity contribution < 1.29 is 14.3 Å². The molecule has 0 saturated carbocycles. The van der Waals surface area contributed by atoms with Crippen LogP contribution in [0.1, 0.15) is 58.3 Å². The highest BCUT2D eigenvalue weighted by Gasteiger charge is 2.01. The van der Waals surface area contributed by atoms with Crippen LogP contribution in [0.3, 0.4) is 0 Å². The van der Waals surface area contributed by atoms with Gasteiger partial charge in [0.25, 0.3) is 0 Å². The van der Waals surface area contributed by atoms with Crippen LogP contribution >= 0.6 is 0 Å². The molecule has 0 aromatic carbocycles. The molecule has 0 atom stereocenters. The third-order valence-corrected chi connectivity index (χ3v) is 2.57. The van der Waals surface area contributed by atoms with E-state index >= 15 is 0 Å². The van der Waals surface area contributed by atoms with Gasteiger partial charge >= 0.3 is 5.97 Å². The van der Waals surface area contributed by atoms with Crippen molar-refractivity contribution >= 4 is 5.97 Å². The highest BCUT2D eigenvalue weighted by atomic mass is 16.6. The first-order valence-corrected chi connectivity index (χ1v) is 6.69. The van der Waals surface area contributed by atoms with Gasteiger partial charge in [-0.15, -0.1) is 0 Å². The van der Waals surface area contributed by atoms with Crippen LogP contribution in [0, 0.1) is 0 Å². The summed E-state index contributed by atoms with van der Waals surface area (Å²) in [7, 11) is 0. The molecule has 0 aromatic rings. The molecule has 0 bridgehead atoms. The van der Waals surface area contributed by atoms with Gasteiger partial charge in [0.1, 0.15) is 13.2 Å². The lowest BCUT2D eigenvalue weighted by molar-refractivity contribution is -0.144. The molecule has 0 aliphatic rings. The summed E-state index contributed by atoms with van der Waals surface area (Å²) >= 11 is 0. The van der Waals surface area contributed by atoms with Gasteiger partial charge in [0.15, 0.2) is 0 Å². The van der Waals surface area contributed by atoms with Crippen molar-refractivity contribution in [2.75, 3.05) is 13.2 Å². The van der Waals surface area contributed by atoms with E-state index in [1.807, 2.05) is 0 Å². The van der Waals surface area contributed by atoms with Crippen molar-refractivity contribution in [2.24, 2.45) is 0 Å². The second kappa shape index (κ2) is 13.1. The van der Waals surface area contributed by atoms with E-state index in [1.54, 1.807) is 0 Å². The summed E-state index contributed by atoms with van der Waals surface area (Å²) in [6.07, 6.45) is 10.4. The average molecular weight is 242 g/mol. The summed E-state index contributed by atoms with van der Waals surface area (Å²) in [5.74, 6) is -0.119. The van der Waals surface area contributed by atoms with E-state index < -0.39 is 0 Å². The van der Waals surface area contributed by atoms with Crippen LogP contribution in [0.2, 0.25) is 0 Å². The predicted molar refractivity (Wildman–Crippen MR) is 69.7 cm³/mol. The van der Waals surface area contributed by atoms with Gasteiger partial charge in [0, 0.05) is 6.42 Å². The standard InChI is InChI=1S/C14H26O3/c1-3-5-6-7-8-9-10-11-14(15)17-13-12-16-4-2/h4H,2-3,5-13H2,1H3. The molecule has 0 fully saturated rings. The number of rotatable bonds is 12. The molecule has 0 amide bonds. The molecule has 0 radical (unpaired) electrons. The van der Waals surface area contributed by atoms with Gasteiger partial charge in [0.2, 0.25) is 0 Å². The fourth-order valence-corrected chi connectivity index (χ4v) is 1.59. The van der Waals surface area contributed by atoms with Crippen LogP contribution in [0.15, 0.2) is 12.8 Å². The molecule has 0 heterocycles. The molecular weight excluding hydrogens is 216 g/mol. The van der Waals surface area contributed by atoms with Crippen molar-refractivity contribution in [2.45, 2.75) is 58.3 Å². The summed E-state index contributed by atoms with van der Waals surface area (Å²) in [4.78, 5) is 11.2. The van der Waals surface area contributed by atoms with E-state index in [2.05, 4.69) is 13.5 Å². The highest BCUT2D eigenvalue weighted by molar-refractivity contribution is 5.69. The van der Waals surface area contributed by atoms with Crippen molar-refractivity contribution in [1.82, 2.24) is 0 Å². The predicted octanol–water partition coefficient (Wildman–Crippen LogP) is 3.83. The topological polar surface area (TPSA) is 35.5 Å². The Morgan fingerprint density at radius 3 is 2.35 bits per heavy atom. The third-order valence-electron chi connectivity index (χ3n) is 2.57. The van der Waals surface area contributed by atoms with Crippen LogP contribution in [0.5, 0.6) is 0 Å². The normalized spacial score (nSPS) is 9.94. The fourth-order valence-electron chi connectivity index (χ4n) is 1.59. The molecule has 0 spiro atoms. The van der Waals surface area contributed by atoms with E-state index in [1.165, 1.54) is 38.4 Å². The summed E-state index contributed by atoms with van der Waals surface area (Å²) in [6, 6.07) is 0. The second-order valence-electron chi connectivity index (χ2n) is 4.13. The Kier molecular flexibility index (Phi) is 12.3. The Balaban J connectivity index is 3.13. The van der Waals surface area contributed by atoms with Gasteiger partial charge in [-0.05, 0) is 6.42 Å². The Hall–Kier alpha value is -0.990. The van der Waals surface area contributed by atoms with E-state index in [9.17, 15) is 4.79 Å². The molecule has 0 unspecified atom stereocenters. The molecule has 3 heteroatoms. The third kappa shape index (κ3) is 12.9. The minimum absolute atomic E-state index is 0.119. The van der Waals surface area contributed by atoms with Gasteiger partial charge in [-0.1, -0.05) is 52.0 Å². The van der Waals surface area contributed by atoms with Gasteiger partial charge in [-0.3, -0.25) is 4.79 Å². The van der Waals surface area contributed by atoms with Crippen molar-refractivity contribution in [3.8, 4) is 0 Å². The molecule has 0 N–H and O–H groups in total. The zero-order chi connectivity index (χ0) is 12.8. The first kappa shape index (κ1) is 16.0. The van der Waals surface area contributed by atoms with Gasteiger partial charge in [0.05, 0.1) is 6.26 Å². The zero-order valence-electron chi connectivity index (χ0n) is 11.1. The summed E-state index contributed by atoms with van der Waals surface area (Å²) in [5, 5.41) is 0. The smallest absolute Gasteiger partial charge is 0.305 e. The molecule has 17 heavy (non-hydrogen) atoms. The van der Waals surface area contributed by atoms with E-state index in [0.29, 0.717) is 19.6 Å². The maximum atomic E-state index is 11.2. The minimum atomic E-state index is -0.119. The fraction of sp³-hybridized carbons (Fsp3) is 0.786. The Morgan fingerprint density at radius 2 is 1.71 bits per heavy atom. The monoisotopic (exact) mass is 242 g/mol. The van der Waals surface area contributed by atoms with Crippen molar-refractivity contribution in [3.63, 3.8) is 0 Å². The molecule has 0 aliphatic carbocycles. The maximum Gasteiger partial charge on any atom is 0.305 e. The zero-order valence-corrected chi connectivity index (χ0v) is 11.1. The maximum absolute atomic E-state index is 11.2. The number of unbranched alkanes of at least 4 members (excludes halogenated alkanes) is 6. The summed E-state index contributed by atoms with van der Waals surface area (Å²) in [6.45, 7) is 6.34. The Morgan fingerprint density at radius 1 is 1.06 bits per heavy atom. The molecule has 0 saturated heterocycles. The van der Waals surface area contributed by atoms with Gasteiger partial charge in [-0.25, -0.2) is 0 Å². The van der Waals surface area contributed by atoms with E-state index in [4.69, 9.17) is 9.47 Å². The lowest BCUT2D eigenvalue weighted by Crippen LogP contribution is -2.08. The number of hydrogen-bond donors (Lipinski definition) is 0. The lowest BCUT2D eigenvalue weighted by Gasteiger charge is -2.04. The second-order valence-corrected chi connectivity index (χ2v) is 4.13. The number of hydrogen-bond acceptors (Lipinski definition) is 3. The van der Waals surface area contributed by atoms with Gasteiger partial charge in [-0.2, -0.15) is 0 Å². The number of carbonyl (C=O) groups excluding carboxylic acids is 1. The van der Waals surface area contributed by atoms with E-state index in [-0.39, 0.29) is 5.97 Å². The quantitative estimate of drug-likeness (QED) is 0.296. The molecule has 100 valence electrons. The molecule has 0 aromatic heterocycles. The summed E-state index contributed by atoms with van der Waals surface area (Å²) in [5.41, 5.74) is 0. The minimum Gasteiger partial charge on any atom is -0.498 e. The molecular formula is C14H26O3. The first-order chi connectivity index (χ1) is 8.31. The van der Waals surface area contributed by atoms with Crippen LogP contribution in [0.25, 0.3) is 0 Å². The van der Waals surface area contributed by atoms with Crippen molar-refractivity contribution in [1.29, 1.82) is 0 Å². The van der Waals surface area contributed by atoms with Crippen LogP contribution in [0.4, 0.5) is 0 Å². The largest absolute Gasteiger partial charge is 0.498 e. The summed E-state index contributed by atoms with van der Waals surface area (Å²) < 4.78 is 9.83. The van der Waals surface area contributed by atoms with Crippen LogP contribution in [-0.4, -0.2) is 19.2 Å². The first-order valence-electron chi connectivity index (χ1n) is 6.69. The molecule has 3 nitrogen and oxygen atoms in total. The lowest BCUT2D eigenvalue weighted by atomic mass is 10.1. The Labute approximate surface area is 105 Å². The SMILES string of the molecule is C=COCCOC(=O)CCCCCCCCC.